The third-order valence-electron chi connectivity index (χ3n) is 3.36. The highest BCUT2D eigenvalue weighted by atomic mass is 35.5. The zero-order valence-electron chi connectivity index (χ0n) is 9.19. The van der Waals surface area contributed by atoms with Gasteiger partial charge >= 0.3 is 0 Å². The van der Waals surface area contributed by atoms with Gasteiger partial charge in [0.25, 0.3) is 0 Å². The van der Waals surface area contributed by atoms with Crippen molar-refractivity contribution < 1.29 is 13.2 Å². The SMILES string of the molecule is O=S(=O)(NCC1CC(Cl)C1)C1CCOCC1. The highest BCUT2D eigenvalue weighted by Crippen LogP contribution is 2.31. The first-order chi connectivity index (χ1) is 7.58. The molecule has 4 nitrogen and oxygen atoms in total. The highest BCUT2D eigenvalue weighted by Gasteiger charge is 2.31. The molecule has 2 aliphatic rings. The third-order valence-corrected chi connectivity index (χ3v) is 5.63. The second-order valence-corrected chi connectivity index (χ2v) is 7.30. The van der Waals surface area contributed by atoms with Crippen LogP contribution in [-0.4, -0.2) is 38.8 Å². The molecule has 0 aromatic heterocycles. The number of nitrogens with one attached hydrogen (secondary N) is 1. The van der Waals surface area contributed by atoms with Gasteiger partial charge in [-0.25, -0.2) is 13.1 Å². The number of halogens is 1. The maximum absolute atomic E-state index is 11.9. The van der Waals surface area contributed by atoms with E-state index in [2.05, 4.69) is 4.72 Å². The quantitative estimate of drug-likeness (QED) is 0.776. The van der Waals surface area contributed by atoms with E-state index in [9.17, 15) is 8.42 Å². The summed E-state index contributed by atoms with van der Waals surface area (Å²) in [6.45, 7) is 1.65. The van der Waals surface area contributed by atoms with Gasteiger partial charge < -0.3 is 4.74 Å². The van der Waals surface area contributed by atoms with Crippen LogP contribution in [0.5, 0.6) is 0 Å². The van der Waals surface area contributed by atoms with E-state index in [-0.39, 0.29) is 10.6 Å². The largest absolute Gasteiger partial charge is 0.381 e. The molecular weight excluding hydrogens is 250 g/mol. The molecule has 1 saturated carbocycles. The molecule has 2 fully saturated rings. The predicted molar refractivity (Wildman–Crippen MR) is 63.1 cm³/mol. The number of hydrogen-bond acceptors (Lipinski definition) is 3. The Morgan fingerprint density at radius 3 is 2.44 bits per heavy atom. The summed E-state index contributed by atoms with van der Waals surface area (Å²) in [4.78, 5) is 0. The molecule has 2 rings (SSSR count). The second kappa shape index (κ2) is 5.21. The van der Waals surface area contributed by atoms with E-state index in [0.29, 0.717) is 38.5 Å². The fourth-order valence-corrected chi connectivity index (χ4v) is 4.18. The lowest BCUT2D eigenvalue weighted by molar-refractivity contribution is 0.0981. The highest BCUT2D eigenvalue weighted by molar-refractivity contribution is 7.90. The zero-order chi connectivity index (χ0) is 11.6. The Morgan fingerprint density at radius 2 is 1.88 bits per heavy atom. The van der Waals surface area contributed by atoms with Crippen LogP contribution in [0, 0.1) is 5.92 Å². The summed E-state index contributed by atoms with van der Waals surface area (Å²) in [6, 6.07) is 0. The van der Waals surface area contributed by atoms with Crippen LogP contribution in [0.2, 0.25) is 0 Å². The summed E-state index contributed by atoms with van der Waals surface area (Å²) in [5.41, 5.74) is 0. The van der Waals surface area contributed by atoms with E-state index in [1.807, 2.05) is 0 Å². The first-order valence-corrected chi connectivity index (χ1v) is 7.76. The Morgan fingerprint density at radius 1 is 1.25 bits per heavy atom. The van der Waals surface area contributed by atoms with Crippen molar-refractivity contribution >= 4 is 21.6 Å². The Bertz CT molecular complexity index is 321. The fraction of sp³-hybridized carbons (Fsp3) is 1.00. The molecule has 16 heavy (non-hydrogen) atoms. The maximum Gasteiger partial charge on any atom is 0.214 e. The molecule has 1 aliphatic heterocycles. The van der Waals surface area contributed by atoms with E-state index in [1.165, 1.54) is 0 Å². The molecule has 1 N–H and O–H groups in total. The maximum atomic E-state index is 11.9. The predicted octanol–water partition coefficient (Wildman–Crippen LogP) is 1.10. The first kappa shape index (κ1) is 12.6. The van der Waals surface area contributed by atoms with Gasteiger partial charge in [-0.3, -0.25) is 0 Å². The van der Waals surface area contributed by atoms with Crippen LogP contribution in [-0.2, 0) is 14.8 Å². The minimum atomic E-state index is -3.15. The van der Waals surface area contributed by atoms with Crippen LogP contribution < -0.4 is 4.72 Å². The lowest BCUT2D eigenvalue weighted by Crippen LogP contribution is -2.42. The van der Waals surface area contributed by atoms with Crippen LogP contribution in [0.15, 0.2) is 0 Å². The van der Waals surface area contributed by atoms with Crippen molar-refractivity contribution in [2.24, 2.45) is 5.92 Å². The van der Waals surface area contributed by atoms with Crippen molar-refractivity contribution in [3.63, 3.8) is 0 Å². The van der Waals surface area contributed by atoms with Gasteiger partial charge in [-0.15, -0.1) is 11.6 Å². The zero-order valence-corrected chi connectivity index (χ0v) is 10.8. The molecule has 0 bridgehead atoms. The molecule has 0 aromatic carbocycles. The van der Waals surface area contributed by atoms with Crippen molar-refractivity contribution in [1.82, 2.24) is 4.72 Å². The van der Waals surface area contributed by atoms with E-state index < -0.39 is 10.0 Å². The Hall–Kier alpha value is 0.160. The van der Waals surface area contributed by atoms with E-state index in [4.69, 9.17) is 16.3 Å². The molecule has 0 radical (unpaired) electrons. The number of ether oxygens (including phenoxy) is 1. The summed E-state index contributed by atoms with van der Waals surface area (Å²) in [7, 11) is -3.15. The minimum Gasteiger partial charge on any atom is -0.381 e. The number of alkyl halides is 1. The van der Waals surface area contributed by atoms with Crippen LogP contribution in [0.1, 0.15) is 25.7 Å². The van der Waals surface area contributed by atoms with Gasteiger partial charge in [-0.2, -0.15) is 0 Å². The molecule has 0 unspecified atom stereocenters. The van der Waals surface area contributed by atoms with Gasteiger partial charge in [0.15, 0.2) is 0 Å². The Kier molecular flexibility index (Phi) is 4.11. The molecule has 1 saturated heterocycles. The smallest absolute Gasteiger partial charge is 0.214 e. The van der Waals surface area contributed by atoms with Crippen molar-refractivity contribution in [1.29, 1.82) is 0 Å². The van der Waals surface area contributed by atoms with E-state index >= 15 is 0 Å². The molecule has 1 heterocycles. The lowest BCUT2D eigenvalue weighted by Gasteiger charge is -2.31. The van der Waals surface area contributed by atoms with Gasteiger partial charge in [0.05, 0.1) is 5.25 Å². The van der Waals surface area contributed by atoms with Crippen LogP contribution in [0.25, 0.3) is 0 Å². The lowest BCUT2D eigenvalue weighted by atomic mass is 9.85. The molecule has 0 spiro atoms. The number of rotatable bonds is 4. The standard InChI is InChI=1S/C10H18ClNO3S/c11-9-5-8(6-9)7-12-16(13,14)10-1-3-15-4-2-10/h8-10,12H,1-7H2. The van der Waals surface area contributed by atoms with Crippen molar-refractivity contribution in [3.8, 4) is 0 Å². The average molecular weight is 268 g/mol. The van der Waals surface area contributed by atoms with Crippen LogP contribution in [0.4, 0.5) is 0 Å². The van der Waals surface area contributed by atoms with E-state index in [0.717, 1.165) is 12.8 Å². The van der Waals surface area contributed by atoms with Gasteiger partial charge in [0.2, 0.25) is 10.0 Å². The van der Waals surface area contributed by atoms with Gasteiger partial charge in [-0.1, -0.05) is 0 Å². The first-order valence-electron chi connectivity index (χ1n) is 5.78. The molecular formula is C10H18ClNO3S. The van der Waals surface area contributed by atoms with E-state index in [1.54, 1.807) is 0 Å². The van der Waals surface area contributed by atoms with Gasteiger partial charge in [-0.05, 0) is 31.6 Å². The molecule has 0 amide bonds. The monoisotopic (exact) mass is 267 g/mol. The summed E-state index contributed by atoms with van der Waals surface area (Å²) in [5.74, 6) is 0.428. The molecule has 6 heteroatoms. The molecule has 1 aliphatic carbocycles. The van der Waals surface area contributed by atoms with Crippen molar-refractivity contribution in [3.05, 3.63) is 0 Å². The summed E-state index contributed by atoms with van der Waals surface area (Å²) >= 11 is 5.85. The minimum absolute atomic E-state index is 0.248. The number of sulfonamides is 1. The molecule has 94 valence electrons. The summed E-state index contributed by atoms with van der Waals surface area (Å²) in [5, 5.41) is -0.0225. The van der Waals surface area contributed by atoms with Crippen LogP contribution >= 0.6 is 11.6 Å². The average Bonchev–Trinajstić information content (AvgIpc) is 2.24. The van der Waals surface area contributed by atoms with Gasteiger partial charge in [0.1, 0.15) is 0 Å². The summed E-state index contributed by atoms with van der Waals surface area (Å²) in [6.07, 6.45) is 3.08. The normalized spacial score (nSPS) is 32.3. The molecule has 0 atom stereocenters. The van der Waals surface area contributed by atoms with Crippen molar-refractivity contribution in [2.45, 2.75) is 36.3 Å². The fourth-order valence-electron chi connectivity index (χ4n) is 2.16. The topological polar surface area (TPSA) is 55.4 Å². The Balaban J connectivity index is 1.78. The third kappa shape index (κ3) is 3.09. The second-order valence-electron chi connectivity index (χ2n) is 4.64. The van der Waals surface area contributed by atoms with Gasteiger partial charge in [0, 0.05) is 25.1 Å². The Labute approximate surface area is 102 Å². The number of hydrogen-bond donors (Lipinski definition) is 1. The van der Waals surface area contributed by atoms with Crippen LogP contribution in [0.3, 0.4) is 0 Å². The van der Waals surface area contributed by atoms with Crippen molar-refractivity contribution in [2.75, 3.05) is 19.8 Å². The summed E-state index contributed by atoms with van der Waals surface area (Å²) < 4.78 is 31.7. The molecule has 0 aromatic rings.